The van der Waals surface area contributed by atoms with Gasteiger partial charge in [-0.3, -0.25) is 0 Å². The van der Waals surface area contributed by atoms with Crippen LogP contribution in [0, 0.1) is 6.92 Å². The van der Waals surface area contributed by atoms with Crippen molar-refractivity contribution in [2.45, 2.75) is 6.92 Å². The van der Waals surface area contributed by atoms with Gasteiger partial charge in [-0.25, -0.2) is 0 Å². The molecule has 0 spiro atoms. The van der Waals surface area contributed by atoms with Crippen molar-refractivity contribution in [2.75, 3.05) is 0 Å². The van der Waals surface area contributed by atoms with Crippen LogP contribution in [0.25, 0.3) is 17.3 Å². The molecule has 0 aliphatic rings. The zero-order chi connectivity index (χ0) is 11.5. The Kier molecular flexibility index (Phi) is 3.61. The average molecular weight is 343 g/mol. The molecule has 2 nitrogen and oxygen atoms in total. The number of benzene rings is 1. The first kappa shape index (κ1) is 11.6. The van der Waals surface area contributed by atoms with Gasteiger partial charge in [0.1, 0.15) is 11.5 Å². The minimum Gasteiger partial charge on any atom is -0.360 e. The average Bonchev–Trinajstić information content (AvgIpc) is 2.61. The quantitative estimate of drug-likeness (QED) is 0.787. The minimum atomic E-state index is 0.801. The summed E-state index contributed by atoms with van der Waals surface area (Å²) in [5.74, 6) is 0.801. The normalized spacial score (nSPS) is 10.2. The van der Waals surface area contributed by atoms with Crippen LogP contribution in [0.2, 0.25) is 0 Å². The van der Waals surface area contributed by atoms with Crippen molar-refractivity contribution < 1.29 is 4.52 Å². The third-order valence-corrected chi connectivity index (χ3v) is 2.67. The molecule has 0 fully saturated rings. The van der Waals surface area contributed by atoms with Crippen LogP contribution in [0.5, 0.6) is 0 Å². The van der Waals surface area contributed by atoms with E-state index in [9.17, 15) is 0 Å². The lowest BCUT2D eigenvalue weighted by Gasteiger charge is -1.97. The van der Waals surface area contributed by atoms with Crippen molar-refractivity contribution in [3.63, 3.8) is 0 Å². The van der Waals surface area contributed by atoms with Gasteiger partial charge in [-0.1, -0.05) is 35.5 Å². The van der Waals surface area contributed by atoms with Crippen LogP contribution in [0.4, 0.5) is 0 Å². The van der Waals surface area contributed by atoms with E-state index in [4.69, 9.17) is 4.52 Å². The summed E-state index contributed by atoms with van der Waals surface area (Å²) in [5.41, 5.74) is 2.89. The molecule has 1 heterocycles. The fraction of sp³-hybridized carbons (Fsp3) is 0.0833. The molecule has 0 unspecified atom stereocenters. The lowest BCUT2D eigenvalue weighted by Crippen LogP contribution is -1.81. The third-order valence-electron chi connectivity index (χ3n) is 2.21. The molecule has 2 aromatic rings. The molecule has 0 atom stereocenters. The molecule has 0 amide bonds. The topological polar surface area (TPSA) is 26.0 Å². The van der Waals surface area contributed by atoms with Crippen LogP contribution >= 0.6 is 31.9 Å². The van der Waals surface area contributed by atoms with E-state index < -0.39 is 0 Å². The number of halogens is 2. The Bertz CT molecular complexity index is 513. The van der Waals surface area contributed by atoms with Crippen molar-refractivity contribution in [3.8, 4) is 11.3 Å². The first-order valence-electron chi connectivity index (χ1n) is 4.73. The van der Waals surface area contributed by atoms with Gasteiger partial charge in [-0.15, -0.1) is 0 Å². The van der Waals surface area contributed by atoms with Gasteiger partial charge < -0.3 is 4.52 Å². The van der Waals surface area contributed by atoms with E-state index >= 15 is 0 Å². The first-order valence-corrected chi connectivity index (χ1v) is 6.31. The highest BCUT2D eigenvalue weighted by Gasteiger charge is 2.12. The summed E-state index contributed by atoms with van der Waals surface area (Å²) in [6.45, 7) is 1.90. The maximum atomic E-state index is 5.21. The molecule has 0 saturated heterocycles. The molecule has 0 aliphatic carbocycles. The molecule has 0 saturated carbocycles. The van der Waals surface area contributed by atoms with Crippen LogP contribution in [-0.4, -0.2) is 5.16 Å². The van der Waals surface area contributed by atoms with E-state index in [0.29, 0.717) is 0 Å². The lowest BCUT2D eigenvalue weighted by molar-refractivity contribution is 0.399. The maximum Gasteiger partial charge on any atom is 0.141 e. The van der Waals surface area contributed by atoms with Crippen LogP contribution < -0.4 is 0 Å². The number of hydrogen-bond donors (Lipinski definition) is 0. The van der Waals surface area contributed by atoms with Crippen molar-refractivity contribution in [1.82, 2.24) is 5.16 Å². The Morgan fingerprint density at radius 2 is 1.94 bits per heavy atom. The van der Waals surface area contributed by atoms with Crippen LogP contribution in [0.3, 0.4) is 0 Å². The summed E-state index contributed by atoms with van der Waals surface area (Å²) < 4.78 is 6.08. The maximum absolute atomic E-state index is 5.21. The van der Waals surface area contributed by atoms with Crippen molar-refractivity contribution in [1.29, 1.82) is 0 Å². The largest absolute Gasteiger partial charge is 0.360 e. The molecule has 16 heavy (non-hydrogen) atoms. The first-order chi connectivity index (χ1) is 7.68. The highest BCUT2D eigenvalue weighted by Crippen LogP contribution is 2.29. The fourth-order valence-corrected chi connectivity index (χ4v) is 1.92. The molecule has 1 aromatic heterocycles. The van der Waals surface area contributed by atoms with E-state index in [2.05, 4.69) is 37.0 Å². The summed E-state index contributed by atoms with van der Waals surface area (Å²) in [5, 5.41) is 4.08. The van der Waals surface area contributed by atoms with Crippen LogP contribution in [0.1, 0.15) is 11.3 Å². The lowest BCUT2D eigenvalue weighted by atomic mass is 10.1. The van der Waals surface area contributed by atoms with E-state index in [0.717, 1.165) is 26.0 Å². The highest BCUT2D eigenvalue weighted by molar-refractivity contribution is 9.28. The Morgan fingerprint density at radius 1 is 1.25 bits per heavy atom. The van der Waals surface area contributed by atoms with E-state index in [1.54, 1.807) is 0 Å². The minimum absolute atomic E-state index is 0.801. The van der Waals surface area contributed by atoms with Gasteiger partial charge in [0.2, 0.25) is 0 Å². The van der Waals surface area contributed by atoms with Gasteiger partial charge >= 0.3 is 0 Å². The van der Waals surface area contributed by atoms with Gasteiger partial charge in [0.25, 0.3) is 0 Å². The second-order valence-corrected chi connectivity index (χ2v) is 6.07. The number of hydrogen-bond acceptors (Lipinski definition) is 2. The predicted molar refractivity (Wildman–Crippen MR) is 72.5 cm³/mol. The van der Waals surface area contributed by atoms with Gasteiger partial charge in [-0.2, -0.15) is 0 Å². The monoisotopic (exact) mass is 341 g/mol. The van der Waals surface area contributed by atoms with Crippen molar-refractivity contribution >= 4 is 37.9 Å². The zero-order valence-corrected chi connectivity index (χ0v) is 11.7. The molecular formula is C12H9Br2NO. The van der Waals surface area contributed by atoms with E-state index in [1.807, 2.05) is 43.3 Å². The summed E-state index contributed by atoms with van der Waals surface area (Å²) in [7, 11) is 0. The molecular weight excluding hydrogens is 334 g/mol. The van der Waals surface area contributed by atoms with Crippen LogP contribution in [-0.2, 0) is 0 Å². The summed E-state index contributed by atoms with van der Waals surface area (Å²) >= 11 is 6.69. The zero-order valence-electron chi connectivity index (χ0n) is 8.58. The molecule has 2 rings (SSSR count). The molecule has 0 radical (unpaired) electrons. The Balaban J connectivity index is 2.55. The molecule has 0 bridgehead atoms. The van der Waals surface area contributed by atoms with Crippen LogP contribution in [0.15, 0.2) is 38.2 Å². The molecule has 0 aliphatic heterocycles. The number of aromatic nitrogens is 1. The second-order valence-electron chi connectivity index (χ2n) is 3.30. The molecule has 1 aromatic carbocycles. The number of aryl methyl sites for hydroxylation is 1. The second kappa shape index (κ2) is 4.97. The molecule has 4 heteroatoms. The summed E-state index contributed by atoms with van der Waals surface area (Å²) in [4.78, 5) is 0. The van der Waals surface area contributed by atoms with Gasteiger partial charge in [0, 0.05) is 11.1 Å². The fourth-order valence-electron chi connectivity index (χ4n) is 1.46. The Labute approximate surface area is 111 Å². The summed E-state index contributed by atoms with van der Waals surface area (Å²) in [6, 6.07) is 9.96. The Hall–Kier alpha value is -0.870. The standard InChI is InChI=1S/C12H9Br2NO/c1-8-10(7-11(13)14)12(15-16-8)9-5-3-2-4-6-9/h2-7H,1H3. The highest BCUT2D eigenvalue weighted by atomic mass is 79.9. The van der Waals surface area contributed by atoms with Gasteiger partial charge in [0.05, 0.1) is 3.39 Å². The Morgan fingerprint density at radius 3 is 2.56 bits per heavy atom. The molecule has 0 N–H and O–H groups in total. The number of nitrogens with zero attached hydrogens (tertiary/aromatic N) is 1. The predicted octanol–water partition coefficient (Wildman–Crippen LogP) is 4.74. The van der Waals surface area contributed by atoms with E-state index in [1.165, 1.54) is 0 Å². The molecule has 82 valence electrons. The smallest absolute Gasteiger partial charge is 0.141 e. The van der Waals surface area contributed by atoms with Gasteiger partial charge in [-0.05, 0) is 44.9 Å². The SMILES string of the molecule is Cc1onc(-c2ccccc2)c1C=C(Br)Br. The summed E-state index contributed by atoms with van der Waals surface area (Å²) in [6.07, 6.45) is 1.94. The number of rotatable bonds is 2. The third kappa shape index (κ3) is 2.44. The van der Waals surface area contributed by atoms with Crippen molar-refractivity contribution in [2.24, 2.45) is 0 Å². The van der Waals surface area contributed by atoms with E-state index in [-0.39, 0.29) is 0 Å². The van der Waals surface area contributed by atoms with Crippen molar-refractivity contribution in [3.05, 3.63) is 45.0 Å². The van der Waals surface area contributed by atoms with Gasteiger partial charge in [0.15, 0.2) is 0 Å².